The number of benzene rings is 2. The topological polar surface area (TPSA) is 38.3 Å². The van der Waals surface area contributed by atoms with Crippen LogP contribution in [-0.2, 0) is 6.42 Å². The summed E-state index contributed by atoms with van der Waals surface area (Å²) in [6.45, 7) is 1.90. The molecule has 2 aromatic carbocycles. The lowest BCUT2D eigenvalue weighted by molar-refractivity contribution is 0.0317. The summed E-state index contributed by atoms with van der Waals surface area (Å²) >= 11 is 0. The standard InChI is InChI=1S/C16H15NO2/c1-16(11-12-7-3-2-4-8-12)17-15(18)13-9-5-6-10-14(13)19-16/h2-10H,11H2,1H3,(H,17,18). The van der Waals surface area contributed by atoms with Gasteiger partial charge in [-0.25, -0.2) is 0 Å². The largest absolute Gasteiger partial charge is 0.467 e. The van der Waals surface area contributed by atoms with Crippen LogP contribution in [0, 0.1) is 0 Å². The van der Waals surface area contributed by atoms with Gasteiger partial charge in [0.15, 0.2) is 5.72 Å². The van der Waals surface area contributed by atoms with Gasteiger partial charge in [0.2, 0.25) is 0 Å². The summed E-state index contributed by atoms with van der Waals surface area (Å²) < 4.78 is 5.96. The maximum Gasteiger partial charge on any atom is 0.258 e. The third-order valence-electron chi connectivity index (χ3n) is 3.23. The Morgan fingerprint density at radius 1 is 1.05 bits per heavy atom. The van der Waals surface area contributed by atoms with Crippen molar-refractivity contribution in [1.82, 2.24) is 5.32 Å². The van der Waals surface area contributed by atoms with E-state index in [-0.39, 0.29) is 5.91 Å². The lowest BCUT2D eigenvalue weighted by atomic mass is 10.0. The van der Waals surface area contributed by atoms with Crippen molar-refractivity contribution in [2.45, 2.75) is 19.1 Å². The van der Waals surface area contributed by atoms with Gasteiger partial charge in [0.25, 0.3) is 5.91 Å². The Balaban J connectivity index is 1.89. The van der Waals surface area contributed by atoms with Gasteiger partial charge in [-0.2, -0.15) is 0 Å². The van der Waals surface area contributed by atoms with Crippen molar-refractivity contribution in [2.75, 3.05) is 0 Å². The van der Waals surface area contributed by atoms with E-state index in [1.54, 1.807) is 6.07 Å². The number of ether oxygens (including phenoxy) is 1. The van der Waals surface area contributed by atoms with Crippen LogP contribution in [0.3, 0.4) is 0 Å². The molecule has 0 saturated heterocycles. The maximum absolute atomic E-state index is 12.1. The molecular formula is C16H15NO2. The van der Waals surface area contributed by atoms with Crippen LogP contribution in [0.4, 0.5) is 0 Å². The van der Waals surface area contributed by atoms with Crippen molar-refractivity contribution >= 4 is 5.91 Å². The number of amides is 1. The first-order chi connectivity index (χ1) is 9.16. The molecule has 1 unspecified atom stereocenters. The van der Waals surface area contributed by atoms with Gasteiger partial charge in [-0.15, -0.1) is 0 Å². The molecule has 1 amide bonds. The predicted molar refractivity (Wildman–Crippen MR) is 73.1 cm³/mol. The molecule has 0 fully saturated rings. The quantitative estimate of drug-likeness (QED) is 0.893. The zero-order chi connectivity index (χ0) is 13.3. The summed E-state index contributed by atoms with van der Waals surface area (Å²) in [5.41, 5.74) is 1.02. The molecule has 0 saturated carbocycles. The molecule has 3 nitrogen and oxygen atoms in total. The van der Waals surface area contributed by atoms with Crippen LogP contribution in [0.5, 0.6) is 5.75 Å². The highest BCUT2D eigenvalue weighted by molar-refractivity contribution is 5.98. The second-order valence-electron chi connectivity index (χ2n) is 4.95. The Morgan fingerprint density at radius 2 is 1.74 bits per heavy atom. The minimum absolute atomic E-state index is 0.0831. The second kappa shape index (κ2) is 4.43. The number of para-hydroxylation sites is 1. The van der Waals surface area contributed by atoms with Crippen LogP contribution in [0.1, 0.15) is 22.8 Å². The first-order valence-corrected chi connectivity index (χ1v) is 6.31. The smallest absolute Gasteiger partial charge is 0.258 e. The van der Waals surface area contributed by atoms with E-state index in [1.165, 1.54) is 0 Å². The molecule has 1 aliphatic heterocycles. The minimum Gasteiger partial charge on any atom is -0.467 e. The van der Waals surface area contributed by atoms with E-state index in [2.05, 4.69) is 5.32 Å². The van der Waals surface area contributed by atoms with Crippen molar-refractivity contribution in [3.05, 3.63) is 65.7 Å². The molecule has 0 spiro atoms. The summed E-state index contributed by atoms with van der Waals surface area (Å²) in [6, 6.07) is 17.3. The van der Waals surface area contributed by atoms with Crippen molar-refractivity contribution in [3.8, 4) is 5.75 Å². The van der Waals surface area contributed by atoms with E-state index in [0.717, 1.165) is 5.56 Å². The summed E-state index contributed by atoms with van der Waals surface area (Å²) in [5, 5.41) is 2.94. The molecule has 0 aliphatic carbocycles. The fourth-order valence-electron chi connectivity index (χ4n) is 2.38. The fourth-order valence-corrected chi connectivity index (χ4v) is 2.38. The summed E-state index contributed by atoms with van der Waals surface area (Å²) in [6.07, 6.45) is 0.633. The molecule has 0 radical (unpaired) electrons. The molecule has 3 heteroatoms. The van der Waals surface area contributed by atoms with E-state index in [0.29, 0.717) is 17.7 Å². The van der Waals surface area contributed by atoms with Gasteiger partial charge in [-0.1, -0.05) is 42.5 Å². The van der Waals surface area contributed by atoms with E-state index in [4.69, 9.17) is 4.74 Å². The summed E-state index contributed by atoms with van der Waals surface area (Å²) in [7, 11) is 0. The zero-order valence-electron chi connectivity index (χ0n) is 10.7. The Morgan fingerprint density at radius 3 is 2.53 bits per heavy atom. The number of rotatable bonds is 2. The van der Waals surface area contributed by atoms with Crippen molar-refractivity contribution in [2.24, 2.45) is 0 Å². The van der Waals surface area contributed by atoms with Crippen LogP contribution in [0.15, 0.2) is 54.6 Å². The normalized spacial score (nSPS) is 21.2. The van der Waals surface area contributed by atoms with Gasteiger partial charge >= 0.3 is 0 Å². The van der Waals surface area contributed by atoms with Crippen LogP contribution in [0.2, 0.25) is 0 Å². The number of fused-ring (bicyclic) bond motifs is 1. The maximum atomic E-state index is 12.1. The molecule has 1 heterocycles. The van der Waals surface area contributed by atoms with E-state index < -0.39 is 5.72 Å². The van der Waals surface area contributed by atoms with Crippen molar-refractivity contribution in [1.29, 1.82) is 0 Å². The third-order valence-corrected chi connectivity index (χ3v) is 3.23. The van der Waals surface area contributed by atoms with Crippen LogP contribution in [0.25, 0.3) is 0 Å². The van der Waals surface area contributed by atoms with Gasteiger partial charge in [0.1, 0.15) is 5.75 Å². The first-order valence-electron chi connectivity index (χ1n) is 6.31. The minimum atomic E-state index is -0.702. The lowest BCUT2D eigenvalue weighted by Gasteiger charge is -2.36. The number of carbonyl (C=O) groups excluding carboxylic acids is 1. The van der Waals surface area contributed by atoms with Crippen LogP contribution < -0.4 is 10.1 Å². The third kappa shape index (κ3) is 2.32. The van der Waals surface area contributed by atoms with Gasteiger partial charge < -0.3 is 10.1 Å². The van der Waals surface area contributed by atoms with Gasteiger partial charge in [-0.3, -0.25) is 4.79 Å². The molecule has 3 rings (SSSR count). The zero-order valence-corrected chi connectivity index (χ0v) is 10.7. The number of hydrogen-bond acceptors (Lipinski definition) is 2. The number of nitrogens with one attached hydrogen (secondary N) is 1. The average molecular weight is 253 g/mol. The van der Waals surface area contributed by atoms with Crippen LogP contribution in [-0.4, -0.2) is 11.6 Å². The summed E-state index contributed by atoms with van der Waals surface area (Å²) in [5.74, 6) is 0.560. The Hall–Kier alpha value is -2.29. The first kappa shape index (κ1) is 11.8. The number of hydrogen-bond donors (Lipinski definition) is 1. The fraction of sp³-hybridized carbons (Fsp3) is 0.188. The SMILES string of the molecule is CC1(Cc2ccccc2)NC(=O)c2ccccc2O1. The molecule has 2 aromatic rings. The van der Waals surface area contributed by atoms with Gasteiger partial charge in [-0.05, 0) is 24.6 Å². The molecule has 0 bridgehead atoms. The monoisotopic (exact) mass is 253 g/mol. The molecule has 1 N–H and O–H groups in total. The Labute approximate surface area is 112 Å². The highest BCUT2D eigenvalue weighted by Gasteiger charge is 2.35. The molecular weight excluding hydrogens is 238 g/mol. The molecule has 1 aliphatic rings. The lowest BCUT2D eigenvalue weighted by Crippen LogP contribution is -2.55. The van der Waals surface area contributed by atoms with Crippen molar-refractivity contribution < 1.29 is 9.53 Å². The predicted octanol–water partition coefficient (Wildman–Crippen LogP) is 2.77. The van der Waals surface area contributed by atoms with Crippen molar-refractivity contribution in [3.63, 3.8) is 0 Å². The highest BCUT2D eigenvalue weighted by atomic mass is 16.5. The van der Waals surface area contributed by atoms with E-state index >= 15 is 0 Å². The van der Waals surface area contributed by atoms with Crippen LogP contribution >= 0.6 is 0 Å². The van der Waals surface area contributed by atoms with E-state index in [9.17, 15) is 4.79 Å². The average Bonchev–Trinajstić information content (AvgIpc) is 2.39. The molecule has 1 atom stereocenters. The molecule has 0 aromatic heterocycles. The van der Waals surface area contributed by atoms with E-state index in [1.807, 2.05) is 55.5 Å². The summed E-state index contributed by atoms with van der Waals surface area (Å²) in [4.78, 5) is 12.1. The van der Waals surface area contributed by atoms with Gasteiger partial charge in [0, 0.05) is 6.42 Å². The second-order valence-corrected chi connectivity index (χ2v) is 4.95. The number of carbonyl (C=O) groups is 1. The molecule has 19 heavy (non-hydrogen) atoms. The Bertz CT molecular complexity index is 609. The van der Waals surface area contributed by atoms with Gasteiger partial charge in [0.05, 0.1) is 5.56 Å². The Kier molecular flexibility index (Phi) is 2.75. The molecule has 96 valence electrons. The highest BCUT2D eigenvalue weighted by Crippen LogP contribution is 2.28.